The predicted molar refractivity (Wildman–Crippen MR) is 110 cm³/mol. The molecule has 1 amide bonds. The van der Waals surface area contributed by atoms with Crippen LogP contribution in [-0.4, -0.2) is 38.8 Å². The highest BCUT2D eigenvalue weighted by Crippen LogP contribution is 2.31. The van der Waals surface area contributed by atoms with Crippen molar-refractivity contribution in [3.05, 3.63) is 47.0 Å². The zero-order valence-corrected chi connectivity index (χ0v) is 17.4. The van der Waals surface area contributed by atoms with Crippen molar-refractivity contribution in [2.24, 2.45) is 0 Å². The maximum absolute atomic E-state index is 12.1. The van der Waals surface area contributed by atoms with Gasteiger partial charge in [0.05, 0.1) is 32.4 Å². The summed E-state index contributed by atoms with van der Waals surface area (Å²) >= 11 is 6.04. The summed E-state index contributed by atoms with van der Waals surface area (Å²) in [5.41, 5.74) is 1.23. The van der Waals surface area contributed by atoms with E-state index in [1.165, 1.54) is 7.11 Å². The summed E-state index contributed by atoms with van der Waals surface area (Å²) in [6.07, 6.45) is -0.00286. The highest BCUT2D eigenvalue weighted by molar-refractivity contribution is 6.31. The summed E-state index contributed by atoms with van der Waals surface area (Å²) < 4.78 is 21.2. The first-order valence-corrected chi connectivity index (χ1v) is 9.46. The van der Waals surface area contributed by atoms with Gasteiger partial charge in [0.25, 0.3) is 5.91 Å². The molecule has 2 aromatic carbocycles. The van der Waals surface area contributed by atoms with E-state index in [0.29, 0.717) is 34.6 Å². The van der Waals surface area contributed by atoms with Gasteiger partial charge in [0.2, 0.25) is 0 Å². The summed E-state index contributed by atoms with van der Waals surface area (Å²) in [7, 11) is 1.47. The number of aryl methyl sites for hydroxylation is 1. The third-order valence-corrected chi connectivity index (χ3v) is 4.24. The van der Waals surface area contributed by atoms with E-state index < -0.39 is 18.5 Å². The summed E-state index contributed by atoms with van der Waals surface area (Å²) in [6, 6.07) is 10.5. The molecule has 0 aromatic heterocycles. The number of esters is 1. The lowest BCUT2D eigenvalue weighted by Gasteiger charge is -2.13. The van der Waals surface area contributed by atoms with Crippen molar-refractivity contribution in [2.45, 2.75) is 20.3 Å². The van der Waals surface area contributed by atoms with Gasteiger partial charge >= 0.3 is 5.97 Å². The minimum atomic E-state index is -0.548. The fourth-order valence-corrected chi connectivity index (χ4v) is 2.58. The van der Waals surface area contributed by atoms with Gasteiger partial charge < -0.3 is 24.3 Å². The lowest BCUT2D eigenvalue weighted by molar-refractivity contribution is -0.147. The van der Waals surface area contributed by atoms with Crippen molar-refractivity contribution in [1.29, 1.82) is 0 Å². The van der Waals surface area contributed by atoms with Crippen LogP contribution >= 0.6 is 11.6 Å². The second-order valence-electron chi connectivity index (χ2n) is 5.99. The van der Waals surface area contributed by atoms with Crippen LogP contribution in [0.4, 0.5) is 5.69 Å². The van der Waals surface area contributed by atoms with Gasteiger partial charge in [-0.2, -0.15) is 0 Å². The maximum atomic E-state index is 12.1. The smallest absolute Gasteiger partial charge is 0.309 e. The van der Waals surface area contributed by atoms with E-state index in [0.717, 1.165) is 5.56 Å². The van der Waals surface area contributed by atoms with Crippen LogP contribution < -0.4 is 19.5 Å². The first kappa shape index (κ1) is 22.4. The fourth-order valence-electron chi connectivity index (χ4n) is 2.42. The molecule has 0 unspecified atom stereocenters. The van der Waals surface area contributed by atoms with Gasteiger partial charge in [-0.25, -0.2) is 0 Å². The van der Waals surface area contributed by atoms with Crippen LogP contribution in [0.25, 0.3) is 0 Å². The average molecular weight is 422 g/mol. The molecule has 156 valence electrons. The Balaban J connectivity index is 1.78. The number of benzene rings is 2. The van der Waals surface area contributed by atoms with Crippen molar-refractivity contribution in [3.63, 3.8) is 0 Å². The molecule has 0 aliphatic carbocycles. The number of ether oxygens (including phenoxy) is 4. The number of hydrogen-bond acceptors (Lipinski definition) is 6. The Kier molecular flexibility index (Phi) is 8.61. The van der Waals surface area contributed by atoms with Crippen LogP contribution in [0.3, 0.4) is 0 Å². The molecular weight excluding hydrogens is 398 g/mol. The zero-order chi connectivity index (χ0) is 21.2. The van der Waals surface area contributed by atoms with Gasteiger partial charge in [0.1, 0.15) is 5.75 Å². The fraction of sp³-hybridized carbons (Fsp3) is 0.333. The Hall–Kier alpha value is -2.93. The molecule has 8 heteroatoms. The van der Waals surface area contributed by atoms with Crippen molar-refractivity contribution < 1.29 is 28.5 Å². The highest BCUT2D eigenvalue weighted by Gasteiger charge is 2.13. The molecule has 0 saturated carbocycles. The molecule has 0 atom stereocenters. The molecule has 0 aliphatic rings. The van der Waals surface area contributed by atoms with Gasteiger partial charge in [-0.05, 0) is 37.6 Å². The Bertz CT molecular complexity index is 855. The number of carbonyl (C=O) groups is 2. The number of amides is 1. The molecule has 0 radical (unpaired) electrons. The molecule has 0 saturated heterocycles. The number of hydrogen-bond donors (Lipinski definition) is 1. The van der Waals surface area contributed by atoms with Gasteiger partial charge in [-0.3, -0.25) is 9.59 Å². The normalized spacial score (nSPS) is 10.2. The van der Waals surface area contributed by atoms with Crippen molar-refractivity contribution in [2.75, 3.05) is 32.2 Å². The van der Waals surface area contributed by atoms with Gasteiger partial charge in [-0.15, -0.1) is 0 Å². The Morgan fingerprint density at radius 2 is 1.76 bits per heavy atom. The Morgan fingerprint density at radius 3 is 2.41 bits per heavy atom. The van der Waals surface area contributed by atoms with Crippen LogP contribution in [0.1, 0.15) is 18.9 Å². The number of para-hydroxylation sites is 2. The lowest BCUT2D eigenvalue weighted by Crippen LogP contribution is -2.22. The Labute approximate surface area is 174 Å². The van der Waals surface area contributed by atoms with Crippen LogP contribution in [-0.2, 0) is 14.3 Å². The molecule has 0 fully saturated rings. The van der Waals surface area contributed by atoms with E-state index in [1.54, 1.807) is 31.2 Å². The third kappa shape index (κ3) is 6.87. The van der Waals surface area contributed by atoms with E-state index >= 15 is 0 Å². The number of methoxy groups -OCH3 is 1. The van der Waals surface area contributed by atoms with Gasteiger partial charge in [0, 0.05) is 11.1 Å². The Morgan fingerprint density at radius 1 is 1.07 bits per heavy atom. The van der Waals surface area contributed by atoms with Gasteiger partial charge in [-0.1, -0.05) is 23.7 Å². The molecular formula is C21H24ClNO6. The molecule has 0 aliphatic heterocycles. The van der Waals surface area contributed by atoms with E-state index in [2.05, 4.69) is 5.32 Å². The third-order valence-electron chi connectivity index (χ3n) is 3.83. The number of nitrogens with one attached hydrogen (secondary N) is 1. The average Bonchev–Trinajstić information content (AvgIpc) is 2.70. The lowest BCUT2D eigenvalue weighted by atomic mass is 10.2. The molecule has 2 aromatic rings. The highest BCUT2D eigenvalue weighted by atomic mass is 35.5. The van der Waals surface area contributed by atoms with Crippen LogP contribution in [0.15, 0.2) is 36.4 Å². The van der Waals surface area contributed by atoms with Crippen LogP contribution in [0.5, 0.6) is 17.2 Å². The molecule has 7 nitrogen and oxygen atoms in total. The summed E-state index contributed by atoms with van der Waals surface area (Å²) in [5.74, 6) is 0.538. The number of carbonyl (C=O) groups excluding carboxylic acids is 2. The molecule has 0 bridgehead atoms. The quantitative estimate of drug-likeness (QED) is 0.584. The molecule has 2 rings (SSSR count). The van der Waals surface area contributed by atoms with Crippen LogP contribution in [0, 0.1) is 6.92 Å². The number of anilines is 1. The molecule has 1 N–H and O–H groups in total. The molecule has 0 spiro atoms. The summed E-state index contributed by atoms with van der Waals surface area (Å²) in [5, 5.41) is 3.17. The van der Waals surface area contributed by atoms with Crippen molar-refractivity contribution in [3.8, 4) is 17.2 Å². The second-order valence-corrected chi connectivity index (χ2v) is 6.40. The van der Waals surface area contributed by atoms with Crippen molar-refractivity contribution in [1.82, 2.24) is 0 Å². The first-order chi connectivity index (χ1) is 13.9. The van der Waals surface area contributed by atoms with Crippen LogP contribution in [0.2, 0.25) is 5.02 Å². The topological polar surface area (TPSA) is 83.1 Å². The van der Waals surface area contributed by atoms with E-state index in [-0.39, 0.29) is 13.0 Å². The second kappa shape index (κ2) is 11.2. The van der Waals surface area contributed by atoms with E-state index in [4.69, 9.17) is 30.5 Å². The van der Waals surface area contributed by atoms with Gasteiger partial charge in [0.15, 0.2) is 18.1 Å². The van der Waals surface area contributed by atoms with E-state index in [9.17, 15) is 9.59 Å². The first-order valence-electron chi connectivity index (χ1n) is 9.08. The number of rotatable bonds is 10. The van der Waals surface area contributed by atoms with E-state index in [1.807, 2.05) is 19.1 Å². The minimum Gasteiger partial charge on any atom is -0.495 e. The maximum Gasteiger partial charge on any atom is 0.309 e. The zero-order valence-electron chi connectivity index (χ0n) is 16.6. The molecule has 29 heavy (non-hydrogen) atoms. The standard InChI is InChI=1S/C21H24ClNO6/c1-4-27-17-7-5-6-8-18(17)28-10-9-21(25)29-13-20(24)23-16-11-14(2)15(22)12-19(16)26-3/h5-8,11-12H,4,9-10,13H2,1-3H3,(H,23,24). The summed E-state index contributed by atoms with van der Waals surface area (Å²) in [6.45, 7) is 3.88. The largest absolute Gasteiger partial charge is 0.495 e. The monoisotopic (exact) mass is 421 g/mol. The minimum absolute atomic E-state index is 0.00286. The predicted octanol–water partition coefficient (Wildman–Crippen LogP) is 4.01. The SMILES string of the molecule is CCOc1ccccc1OCCC(=O)OCC(=O)Nc1cc(C)c(Cl)cc1OC. The summed E-state index contributed by atoms with van der Waals surface area (Å²) in [4.78, 5) is 23.9. The van der Waals surface area contributed by atoms with Crippen molar-refractivity contribution >= 4 is 29.2 Å². The molecule has 0 heterocycles. The number of halogens is 1.